The second kappa shape index (κ2) is 4.34. The van der Waals surface area contributed by atoms with Crippen LogP contribution in [0.5, 0.6) is 0 Å². The molecule has 0 spiro atoms. The summed E-state index contributed by atoms with van der Waals surface area (Å²) >= 11 is 6.34. The van der Waals surface area contributed by atoms with Gasteiger partial charge in [0.15, 0.2) is 0 Å². The fourth-order valence-electron chi connectivity index (χ4n) is 2.62. The van der Waals surface area contributed by atoms with E-state index in [1.807, 2.05) is 6.07 Å². The minimum Gasteiger partial charge on any atom is -0.461 e. The largest absolute Gasteiger partial charge is 0.461 e. The summed E-state index contributed by atoms with van der Waals surface area (Å²) in [6.07, 6.45) is 4.49. The molecule has 0 bridgehead atoms. The first-order valence-electron chi connectivity index (χ1n) is 6.07. The topological polar surface area (TPSA) is 13.1 Å². The Morgan fingerprint density at radius 3 is 2.82 bits per heavy atom. The van der Waals surface area contributed by atoms with E-state index in [4.69, 9.17) is 16.0 Å². The molecule has 1 aliphatic rings. The van der Waals surface area contributed by atoms with Crippen LogP contribution >= 0.6 is 11.6 Å². The van der Waals surface area contributed by atoms with E-state index < -0.39 is 0 Å². The van der Waals surface area contributed by atoms with Crippen molar-refractivity contribution in [2.75, 3.05) is 0 Å². The number of hydrogen-bond donors (Lipinski definition) is 0. The van der Waals surface area contributed by atoms with Crippen LogP contribution in [0.4, 0.5) is 4.39 Å². The standard InChI is InChI=1S/C14H14ClFO/c15-12-4-2-1-3-11(12)14-8-9-7-10(16)5-6-13(9)17-14/h5-8,11-12H,1-4H2. The van der Waals surface area contributed by atoms with Crippen molar-refractivity contribution in [3.05, 3.63) is 35.8 Å². The molecule has 0 saturated heterocycles. The van der Waals surface area contributed by atoms with Gasteiger partial charge in [0, 0.05) is 16.7 Å². The molecule has 3 heteroatoms. The fraction of sp³-hybridized carbons (Fsp3) is 0.429. The Morgan fingerprint density at radius 2 is 2.00 bits per heavy atom. The van der Waals surface area contributed by atoms with E-state index in [1.165, 1.54) is 25.0 Å². The molecule has 1 aliphatic carbocycles. The molecule has 1 saturated carbocycles. The Hall–Kier alpha value is -1.02. The summed E-state index contributed by atoms with van der Waals surface area (Å²) in [6, 6.07) is 6.55. The van der Waals surface area contributed by atoms with E-state index in [2.05, 4.69) is 0 Å². The number of alkyl halides is 1. The summed E-state index contributed by atoms with van der Waals surface area (Å²) in [5.41, 5.74) is 0.746. The quantitative estimate of drug-likeness (QED) is 0.662. The summed E-state index contributed by atoms with van der Waals surface area (Å²) in [6.45, 7) is 0. The van der Waals surface area contributed by atoms with Gasteiger partial charge in [-0.2, -0.15) is 0 Å². The molecule has 17 heavy (non-hydrogen) atoms. The van der Waals surface area contributed by atoms with Crippen molar-refractivity contribution >= 4 is 22.6 Å². The summed E-state index contributed by atoms with van der Waals surface area (Å²) < 4.78 is 18.9. The summed E-state index contributed by atoms with van der Waals surface area (Å²) in [7, 11) is 0. The van der Waals surface area contributed by atoms with Crippen LogP contribution in [-0.4, -0.2) is 5.38 Å². The Balaban J connectivity index is 1.99. The van der Waals surface area contributed by atoms with Crippen LogP contribution in [0.2, 0.25) is 0 Å². The highest BCUT2D eigenvalue weighted by molar-refractivity contribution is 6.21. The highest BCUT2D eigenvalue weighted by Crippen LogP contribution is 2.38. The normalized spacial score (nSPS) is 25.3. The minimum atomic E-state index is -0.226. The first kappa shape index (κ1) is 11.1. The molecule has 0 radical (unpaired) electrons. The number of benzene rings is 1. The maximum atomic E-state index is 13.1. The van der Waals surface area contributed by atoms with Gasteiger partial charge in [-0.15, -0.1) is 11.6 Å². The lowest BCUT2D eigenvalue weighted by molar-refractivity contribution is 0.390. The predicted octanol–water partition coefficient (Wildman–Crippen LogP) is 4.84. The lowest BCUT2D eigenvalue weighted by Gasteiger charge is -2.24. The Bertz CT molecular complexity index is 534. The Kier molecular flexibility index (Phi) is 2.83. The van der Waals surface area contributed by atoms with Crippen LogP contribution in [0, 0.1) is 5.82 Å². The van der Waals surface area contributed by atoms with E-state index in [0.29, 0.717) is 0 Å². The zero-order valence-corrected chi connectivity index (χ0v) is 10.2. The predicted molar refractivity (Wildman–Crippen MR) is 67.0 cm³/mol. The van der Waals surface area contributed by atoms with Crippen molar-refractivity contribution in [3.63, 3.8) is 0 Å². The van der Waals surface area contributed by atoms with Gasteiger partial charge < -0.3 is 4.42 Å². The maximum Gasteiger partial charge on any atom is 0.134 e. The zero-order valence-electron chi connectivity index (χ0n) is 9.46. The van der Waals surface area contributed by atoms with Crippen molar-refractivity contribution < 1.29 is 8.81 Å². The van der Waals surface area contributed by atoms with Crippen molar-refractivity contribution in [2.45, 2.75) is 37.0 Å². The molecule has 1 heterocycles. The van der Waals surface area contributed by atoms with Crippen LogP contribution < -0.4 is 0 Å². The van der Waals surface area contributed by atoms with Gasteiger partial charge in [-0.3, -0.25) is 0 Å². The molecule has 0 amide bonds. The van der Waals surface area contributed by atoms with Crippen LogP contribution in [-0.2, 0) is 0 Å². The lowest BCUT2D eigenvalue weighted by atomic mass is 9.87. The summed E-state index contributed by atoms with van der Waals surface area (Å²) in [4.78, 5) is 0. The third kappa shape index (κ3) is 2.06. The van der Waals surface area contributed by atoms with E-state index in [9.17, 15) is 4.39 Å². The number of halogens is 2. The van der Waals surface area contributed by atoms with Crippen LogP contribution in [0.25, 0.3) is 11.0 Å². The molecule has 1 fully saturated rings. The van der Waals surface area contributed by atoms with Gasteiger partial charge in [-0.1, -0.05) is 12.8 Å². The van der Waals surface area contributed by atoms with Gasteiger partial charge in [0.25, 0.3) is 0 Å². The molecule has 2 aromatic rings. The third-order valence-corrected chi connectivity index (χ3v) is 4.07. The van der Waals surface area contributed by atoms with Gasteiger partial charge >= 0.3 is 0 Å². The van der Waals surface area contributed by atoms with E-state index in [-0.39, 0.29) is 17.1 Å². The van der Waals surface area contributed by atoms with Gasteiger partial charge in [-0.25, -0.2) is 4.39 Å². The molecule has 1 nitrogen and oxygen atoms in total. The molecular weight excluding hydrogens is 239 g/mol. The average Bonchev–Trinajstić information content (AvgIpc) is 2.72. The number of hydrogen-bond acceptors (Lipinski definition) is 1. The number of rotatable bonds is 1. The van der Waals surface area contributed by atoms with Crippen LogP contribution in [0.1, 0.15) is 37.4 Å². The van der Waals surface area contributed by atoms with Gasteiger partial charge in [-0.05, 0) is 37.1 Å². The number of furan rings is 1. The SMILES string of the molecule is Fc1ccc2oc(C3CCCCC3Cl)cc2c1. The highest BCUT2D eigenvalue weighted by Gasteiger charge is 2.27. The maximum absolute atomic E-state index is 13.1. The summed E-state index contributed by atoms with van der Waals surface area (Å²) in [5, 5.41) is 0.976. The van der Waals surface area contributed by atoms with Gasteiger partial charge in [0.05, 0.1) is 0 Å². The molecule has 1 aromatic carbocycles. The van der Waals surface area contributed by atoms with E-state index in [1.54, 1.807) is 6.07 Å². The fourth-order valence-corrected chi connectivity index (χ4v) is 3.03. The zero-order chi connectivity index (χ0) is 11.8. The van der Waals surface area contributed by atoms with Gasteiger partial charge in [0.2, 0.25) is 0 Å². The summed E-state index contributed by atoms with van der Waals surface area (Å²) in [5.74, 6) is 0.960. The smallest absolute Gasteiger partial charge is 0.134 e. The second-order valence-electron chi connectivity index (χ2n) is 4.74. The lowest BCUT2D eigenvalue weighted by Crippen LogP contribution is -2.16. The third-order valence-electron chi connectivity index (χ3n) is 3.54. The number of fused-ring (bicyclic) bond motifs is 1. The van der Waals surface area contributed by atoms with Gasteiger partial charge in [0.1, 0.15) is 17.2 Å². The molecule has 90 valence electrons. The van der Waals surface area contributed by atoms with E-state index >= 15 is 0 Å². The van der Waals surface area contributed by atoms with Crippen molar-refractivity contribution in [3.8, 4) is 0 Å². The molecule has 1 aromatic heterocycles. The Morgan fingerprint density at radius 1 is 1.18 bits per heavy atom. The monoisotopic (exact) mass is 252 g/mol. The van der Waals surface area contributed by atoms with Crippen LogP contribution in [0.3, 0.4) is 0 Å². The molecule has 2 atom stereocenters. The molecule has 0 N–H and O–H groups in total. The van der Waals surface area contributed by atoms with Crippen molar-refractivity contribution in [1.29, 1.82) is 0 Å². The average molecular weight is 253 g/mol. The highest BCUT2D eigenvalue weighted by atomic mass is 35.5. The minimum absolute atomic E-state index is 0.147. The molecule has 0 aliphatic heterocycles. The molecule has 2 unspecified atom stereocenters. The van der Waals surface area contributed by atoms with Crippen molar-refractivity contribution in [1.82, 2.24) is 0 Å². The Labute approximate surface area is 105 Å². The second-order valence-corrected chi connectivity index (χ2v) is 5.30. The van der Waals surface area contributed by atoms with Crippen LogP contribution in [0.15, 0.2) is 28.7 Å². The first-order chi connectivity index (χ1) is 8.24. The molecular formula is C14H14ClFO. The first-order valence-corrected chi connectivity index (χ1v) is 6.51. The van der Waals surface area contributed by atoms with E-state index in [0.717, 1.165) is 29.6 Å². The molecule has 3 rings (SSSR count). The van der Waals surface area contributed by atoms with Crippen molar-refractivity contribution in [2.24, 2.45) is 0 Å².